The maximum Gasteiger partial charge on any atom is 0.261 e. The molecule has 2 aliphatic rings. The van der Waals surface area contributed by atoms with Crippen molar-refractivity contribution < 1.29 is 13.9 Å². The van der Waals surface area contributed by atoms with E-state index in [4.69, 9.17) is 13.9 Å². The molecular weight excluding hydrogens is 436 g/mol. The fraction of sp³-hybridized carbons (Fsp3) is 0.467. The summed E-state index contributed by atoms with van der Waals surface area (Å²) in [5.41, 5.74) is 0.953. The van der Waals surface area contributed by atoms with Crippen LogP contribution in [0.4, 0.5) is 0 Å². The molecule has 0 bridgehead atoms. The number of benzene rings is 2. The molecule has 1 fully saturated rings. The molecule has 0 spiro atoms. The molecule has 0 unspecified atom stereocenters. The molecular formula is C30H38O3Si. The van der Waals surface area contributed by atoms with Crippen molar-refractivity contribution in [1.82, 2.24) is 0 Å². The van der Waals surface area contributed by atoms with E-state index >= 15 is 0 Å². The van der Waals surface area contributed by atoms with Crippen LogP contribution in [0.1, 0.15) is 52.9 Å². The van der Waals surface area contributed by atoms with E-state index in [1.165, 1.54) is 10.4 Å². The van der Waals surface area contributed by atoms with Gasteiger partial charge >= 0.3 is 0 Å². The monoisotopic (exact) mass is 474 g/mol. The maximum atomic E-state index is 7.03. The van der Waals surface area contributed by atoms with Crippen LogP contribution in [0.2, 0.25) is 5.04 Å². The van der Waals surface area contributed by atoms with Crippen molar-refractivity contribution in [2.45, 2.75) is 76.2 Å². The Hall–Kier alpha value is -2.16. The van der Waals surface area contributed by atoms with Crippen molar-refractivity contribution in [3.8, 4) is 11.8 Å². The Labute approximate surface area is 206 Å². The van der Waals surface area contributed by atoms with Crippen LogP contribution < -0.4 is 10.4 Å². The van der Waals surface area contributed by atoms with Crippen LogP contribution in [-0.4, -0.2) is 39.8 Å². The third kappa shape index (κ3) is 5.55. The van der Waals surface area contributed by atoms with Crippen molar-refractivity contribution in [3.63, 3.8) is 0 Å². The van der Waals surface area contributed by atoms with Gasteiger partial charge in [0.05, 0.1) is 12.2 Å². The summed E-state index contributed by atoms with van der Waals surface area (Å²) in [6.07, 6.45) is 4.71. The van der Waals surface area contributed by atoms with Crippen LogP contribution in [-0.2, 0) is 13.9 Å². The van der Waals surface area contributed by atoms with Crippen molar-refractivity contribution in [2.75, 3.05) is 13.2 Å². The normalized spacial score (nSPS) is 23.3. The minimum absolute atomic E-state index is 0.0172. The molecule has 3 nitrogen and oxygen atoms in total. The van der Waals surface area contributed by atoms with Crippen LogP contribution in [0.5, 0.6) is 0 Å². The highest BCUT2D eigenvalue weighted by Gasteiger charge is 2.50. The quantitative estimate of drug-likeness (QED) is 0.312. The summed E-state index contributed by atoms with van der Waals surface area (Å²) in [5, 5.41) is 2.61. The van der Waals surface area contributed by atoms with E-state index in [0.717, 1.165) is 44.3 Å². The molecule has 1 saturated heterocycles. The van der Waals surface area contributed by atoms with E-state index < -0.39 is 8.32 Å². The smallest absolute Gasteiger partial charge is 0.261 e. The number of hydrogen-bond donors (Lipinski definition) is 0. The Morgan fingerprint density at radius 2 is 1.65 bits per heavy atom. The van der Waals surface area contributed by atoms with Crippen LogP contribution in [0, 0.1) is 11.8 Å². The molecule has 4 heteroatoms. The summed E-state index contributed by atoms with van der Waals surface area (Å²) >= 11 is 0. The van der Waals surface area contributed by atoms with Crippen molar-refractivity contribution in [3.05, 3.63) is 72.8 Å². The first kappa shape index (κ1) is 24.9. The molecule has 2 heterocycles. The molecule has 180 valence electrons. The zero-order chi connectivity index (χ0) is 24.0. The van der Waals surface area contributed by atoms with E-state index in [-0.39, 0.29) is 23.4 Å². The number of rotatable bonds is 7. The van der Waals surface area contributed by atoms with Gasteiger partial charge in [-0.05, 0) is 46.7 Å². The second-order valence-electron chi connectivity index (χ2n) is 10.4. The summed E-state index contributed by atoms with van der Waals surface area (Å²) in [6.45, 7) is 12.6. The van der Waals surface area contributed by atoms with E-state index in [0.29, 0.717) is 6.61 Å². The molecule has 0 amide bonds. The van der Waals surface area contributed by atoms with E-state index in [9.17, 15) is 0 Å². The average molecular weight is 475 g/mol. The summed E-state index contributed by atoms with van der Waals surface area (Å²) in [7, 11) is -2.50. The van der Waals surface area contributed by atoms with Gasteiger partial charge in [-0.1, -0.05) is 99.9 Å². The van der Waals surface area contributed by atoms with Gasteiger partial charge in [-0.25, -0.2) is 0 Å². The highest BCUT2D eigenvalue weighted by atomic mass is 28.4. The van der Waals surface area contributed by atoms with Gasteiger partial charge in [0, 0.05) is 19.6 Å². The third-order valence-electron chi connectivity index (χ3n) is 6.92. The summed E-state index contributed by atoms with van der Waals surface area (Å²) in [5.74, 6) is 6.54. The van der Waals surface area contributed by atoms with Gasteiger partial charge in [0.2, 0.25) is 0 Å². The predicted octanol–water partition coefficient (Wildman–Crippen LogP) is 5.24. The summed E-state index contributed by atoms with van der Waals surface area (Å²) in [4.78, 5) is 0. The first-order valence-corrected chi connectivity index (χ1v) is 14.5. The van der Waals surface area contributed by atoms with Crippen LogP contribution >= 0.6 is 0 Å². The molecule has 0 aliphatic carbocycles. The Kier molecular flexibility index (Phi) is 8.11. The lowest BCUT2D eigenvalue weighted by molar-refractivity contribution is -0.119. The zero-order valence-corrected chi connectivity index (χ0v) is 21.9. The highest BCUT2D eigenvalue weighted by molar-refractivity contribution is 6.99. The predicted molar refractivity (Wildman–Crippen MR) is 142 cm³/mol. The molecule has 0 N–H and O–H groups in total. The van der Waals surface area contributed by atoms with Crippen LogP contribution in [0.25, 0.3) is 0 Å². The van der Waals surface area contributed by atoms with Crippen LogP contribution in [0.15, 0.2) is 72.8 Å². The Bertz CT molecular complexity index is 961. The van der Waals surface area contributed by atoms with Gasteiger partial charge < -0.3 is 13.9 Å². The molecule has 0 radical (unpaired) electrons. The van der Waals surface area contributed by atoms with E-state index in [2.05, 4.69) is 99.9 Å². The van der Waals surface area contributed by atoms with Gasteiger partial charge in [0.25, 0.3) is 8.32 Å². The molecule has 4 rings (SSSR count). The zero-order valence-electron chi connectivity index (χ0n) is 20.9. The number of fused-ring (bicyclic) bond motifs is 1. The molecule has 0 saturated carbocycles. The van der Waals surface area contributed by atoms with Crippen molar-refractivity contribution in [2.24, 2.45) is 0 Å². The maximum absolute atomic E-state index is 7.03. The van der Waals surface area contributed by atoms with E-state index in [1.54, 1.807) is 0 Å². The first-order chi connectivity index (χ1) is 16.4. The number of ether oxygens (including phenoxy) is 2. The highest BCUT2D eigenvalue weighted by Crippen LogP contribution is 2.37. The third-order valence-corrected chi connectivity index (χ3v) is 12.0. The topological polar surface area (TPSA) is 27.7 Å². The lowest BCUT2D eigenvalue weighted by Gasteiger charge is -2.43. The SMILES string of the molecule is C=C1C#C[C@@H](CCCO[Si](c2ccccc2)(c2ccccc2)C(C)(C)C)O[C@H]2CCCO[C@@H]2C1. The van der Waals surface area contributed by atoms with Crippen molar-refractivity contribution >= 4 is 18.7 Å². The molecule has 2 aromatic rings. The summed E-state index contributed by atoms with van der Waals surface area (Å²) < 4.78 is 19.4. The Balaban J connectivity index is 1.50. The minimum Gasteiger partial charge on any atom is -0.407 e. The first-order valence-electron chi connectivity index (χ1n) is 12.6. The average Bonchev–Trinajstić information content (AvgIpc) is 2.82. The van der Waals surface area contributed by atoms with Gasteiger partial charge in [0.15, 0.2) is 0 Å². The largest absolute Gasteiger partial charge is 0.407 e. The van der Waals surface area contributed by atoms with Gasteiger partial charge in [-0.2, -0.15) is 0 Å². The molecule has 2 aromatic carbocycles. The van der Waals surface area contributed by atoms with Crippen LogP contribution in [0.3, 0.4) is 0 Å². The van der Waals surface area contributed by atoms with Crippen molar-refractivity contribution in [1.29, 1.82) is 0 Å². The Morgan fingerprint density at radius 3 is 2.26 bits per heavy atom. The fourth-order valence-electron chi connectivity index (χ4n) is 5.28. The summed E-state index contributed by atoms with van der Waals surface area (Å²) in [6, 6.07) is 21.6. The van der Waals surface area contributed by atoms with Gasteiger partial charge in [0.1, 0.15) is 6.10 Å². The van der Waals surface area contributed by atoms with E-state index in [1.807, 2.05) is 0 Å². The van der Waals surface area contributed by atoms with Gasteiger partial charge in [-0.15, -0.1) is 0 Å². The Morgan fingerprint density at radius 1 is 1.00 bits per heavy atom. The standard InChI is InChI=1S/C30H38O3Si/c1-24-19-20-25(33-28-18-12-21-31-29(28)23-24)13-11-22-32-34(30(2,3)4,26-14-7-5-8-15-26)27-16-9-6-10-17-27/h5-10,14-17,25,28-29H,1,11-13,18,21-23H2,2-4H3/t25-,28+,29-/m1/s1. The minimum atomic E-state index is -2.50. The fourth-order valence-corrected chi connectivity index (χ4v) is 9.88. The number of hydrogen-bond acceptors (Lipinski definition) is 3. The molecule has 2 aliphatic heterocycles. The molecule has 3 atom stereocenters. The second kappa shape index (κ2) is 11.1. The second-order valence-corrected chi connectivity index (χ2v) is 14.8. The van der Waals surface area contributed by atoms with Gasteiger partial charge in [-0.3, -0.25) is 0 Å². The lowest BCUT2D eigenvalue weighted by Crippen LogP contribution is -2.66. The molecule has 34 heavy (non-hydrogen) atoms. The molecule has 0 aromatic heterocycles. The lowest BCUT2D eigenvalue weighted by atomic mass is 9.97.